The minimum absolute atomic E-state index is 0.0949. The first-order valence-electron chi connectivity index (χ1n) is 6.22. The zero-order valence-corrected chi connectivity index (χ0v) is 11.4. The van der Waals surface area contributed by atoms with Crippen molar-refractivity contribution in [2.24, 2.45) is 0 Å². The van der Waals surface area contributed by atoms with Crippen LogP contribution in [-0.2, 0) is 0 Å². The van der Waals surface area contributed by atoms with E-state index in [-0.39, 0.29) is 5.70 Å². The zero-order valence-electron chi connectivity index (χ0n) is 11.4. The molecule has 2 aromatic carbocycles. The van der Waals surface area contributed by atoms with Crippen LogP contribution in [0.2, 0.25) is 0 Å². The average molecular weight is 269 g/mol. The molecule has 0 atom stereocenters. The molecule has 0 spiro atoms. The van der Waals surface area contributed by atoms with E-state index in [1.807, 2.05) is 43.3 Å². The van der Waals surface area contributed by atoms with Gasteiger partial charge in [-0.05, 0) is 36.8 Å². The topological polar surface area (TPSA) is 52.4 Å². The fraction of sp³-hybridized carbons (Fsp3) is 0.125. The second kappa shape index (κ2) is 6.02. The standard InChI is InChI=1S/C16H15NO3/c1-12-6-8-15(9-7-12)20-16-5-3-4-14(11-16)10-13(2)17(18)19/h3-11H,1-2H3. The van der Waals surface area contributed by atoms with Gasteiger partial charge in [0.15, 0.2) is 0 Å². The van der Waals surface area contributed by atoms with Crippen molar-refractivity contribution < 1.29 is 9.66 Å². The van der Waals surface area contributed by atoms with E-state index in [2.05, 4.69) is 0 Å². The Labute approximate surface area is 117 Å². The SMILES string of the molecule is CC(=Cc1cccc(Oc2ccc(C)cc2)c1)[N+](=O)[O-]. The summed E-state index contributed by atoms with van der Waals surface area (Å²) < 4.78 is 5.72. The van der Waals surface area contributed by atoms with Crippen LogP contribution in [0.15, 0.2) is 54.2 Å². The molecule has 0 aliphatic heterocycles. The van der Waals surface area contributed by atoms with Gasteiger partial charge in [-0.2, -0.15) is 0 Å². The molecule has 0 aliphatic carbocycles. The van der Waals surface area contributed by atoms with Crippen molar-refractivity contribution in [3.8, 4) is 11.5 Å². The third kappa shape index (κ3) is 3.68. The first-order chi connectivity index (χ1) is 9.54. The van der Waals surface area contributed by atoms with Crippen molar-refractivity contribution in [2.75, 3.05) is 0 Å². The highest BCUT2D eigenvalue weighted by Gasteiger charge is 2.03. The molecule has 4 nitrogen and oxygen atoms in total. The molecular weight excluding hydrogens is 254 g/mol. The van der Waals surface area contributed by atoms with Gasteiger partial charge in [-0.3, -0.25) is 10.1 Å². The van der Waals surface area contributed by atoms with Gasteiger partial charge in [0.1, 0.15) is 11.5 Å². The Kier molecular flexibility index (Phi) is 4.15. The fourth-order valence-electron chi connectivity index (χ4n) is 1.70. The number of rotatable bonds is 4. The molecule has 20 heavy (non-hydrogen) atoms. The maximum Gasteiger partial charge on any atom is 0.243 e. The van der Waals surface area contributed by atoms with E-state index in [1.54, 1.807) is 12.1 Å². The van der Waals surface area contributed by atoms with Gasteiger partial charge >= 0.3 is 0 Å². The molecule has 0 amide bonds. The summed E-state index contributed by atoms with van der Waals surface area (Å²) in [6, 6.07) is 14.9. The van der Waals surface area contributed by atoms with E-state index >= 15 is 0 Å². The van der Waals surface area contributed by atoms with Crippen LogP contribution < -0.4 is 4.74 Å². The zero-order chi connectivity index (χ0) is 14.5. The van der Waals surface area contributed by atoms with Crippen LogP contribution in [0.5, 0.6) is 11.5 Å². The lowest BCUT2D eigenvalue weighted by molar-refractivity contribution is -0.422. The predicted octanol–water partition coefficient (Wildman–Crippen LogP) is 4.42. The summed E-state index contributed by atoms with van der Waals surface area (Å²) in [6.45, 7) is 3.48. The maximum absolute atomic E-state index is 10.6. The van der Waals surface area contributed by atoms with Gasteiger partial charge in [-0.25, -0.2) is 0 Å². The van der Waals surface area contributed by atoms with E-state index in [0.717, 1.165) is 16.9 Å². The summed E-state index contributed by atoms with van der Waals surface area (Å²) in [7, 11) is 0. The quantitative estimate of drug-likeness (QED) is 0.609. The molecule has 2 aromatic rings. The Balaban J connectivity index is 2.20. The monoisotopic (exact) mass is 269 g/mol. The van der Waals surface area contributed by atoms with E-state index < -0.39 is 4.92 Å². The number of hydrogen-bond donors (Lipinski definition) is 0. The Morgan fingerprint density at radius 3 is 2.50 bits per heavy atom. The Bertz CT molecular complexity index is 645. The number of hydrogen-bond acceptors (Lipinski definition) is 3. The number of nitro groups is 1. The minimum atomic E-state index is -0.409. The third-order valence-electron chi connectivity index (χ3n) is 2.78. The summed E-state index contributed by atoms with van der Waals surface area (Å²) in [5.41, 5.74) is 2.00. The fourth-order valence-corrected chi connectivity index (χ4v) is 1.70. The van der Waals surface area contributed by atoms with Crippen molar-refractivity contribution in [3.63, 3.8) is 0 Å². The molecule has 0 radical (unpaired) electrons. The summed E-state index contributed by atoms with van der Waals surface area (Å²) in [4.78, 5) is 10.2. The number of aryl methyl sites for hydroxylation is 1. The lowest BCUT2D eigenvalue weighted by Crippen LogP contribution is -1.93. The molecule has 0 unspecified atom stereocenters. The van der Waals surface area contributed by atoms with Crippen molar-refractivity contribution in [2.45, 2.75) is 13.8 Å². The van der Waals surface area contributed by atoms with Gasteiger partial charge in [-0.15, -0.1) is 0 Å². The van der Waals surface area contributed by atoms with Gasteiger partial charge in [0, 0.05) is 13.0 Å². The minimum Gasteiger partial charge on any atom is -0.457 e. The number of allylic oxidation sites excluding steroid dienone is 1. The van der Waals surface area contributed by atoms with Gasteiger partial charge < -0.3 is 4.74 Å². The molecular formula is C16H15NO3. The lowest BCUT2D eigenvalue weighted by Gasteiger charge is -2.06. The Morgan fingerprint density at radius 2 is 1.85 bits per heavy atom. The molecule has 2 rings (SSSR count). The van der Waals surface area contributed by atoms with Crippen LogP contribution >= 0.6 is 0 Å². The third-order valence-corrected chi connectivity index (χ3v) is 2.78. The van der Waals surface area contributed by atoms with E-state index in [1.165, 1.54) is 13.0 Å². The molecule has 0 heterocycles. The highest BCUT2D eigenvalue weighted by atomic mass is 16.6. The van der Waals surface area contributed by atoms with Crippen molar-refractivity contribution in [3.05, 3.63) is 75.5 Å². The van der Waals surface area contributed by atoms with Crippen LogP contribution in [0.25, 0.3) is 6.08 Å². The summed E-state index contributed by atoms with van der Waals surface area (Å²) in [5, 5.41) is 10.6. The van der Waals surface area contributed by atoms with Crippen molar-refractivity contribution >= 4 is 6.08 Å². The summed E-state index contributed by atoms with van der Waals surface area (Å²) >= 11 is 0. The lowest BCUT2D eigenvalue weighted by atomic mass is 10.2. The number of benzene rings is 2. The largest absolute Gasteiger partial charge is 0.457 e. The van der Waals surface area contributed by atoms with Gasteiger partial charge in [0.25, 0.3) is 0 Å². The predicted molar refractivity (Wildman–Crippen MR) is 78.3 cm³/mol. The highest BCUT2D eigenvalue weighted by molar-refractivity contribution is 5.53. The van der Waals surface area contributed by atoms with E-state index in [4.69, 9.17) is 4.74 Å². The molecule has 0 bridgehead atoms. The summed E-state index contributed by atoms with van der Waals surface area (Å²) in [6.07, 6.45) is 1.52. The highest BCUT2D eigenvalue weighted by Crippen LogP contribution is 2.23. The first kappa shape index (κ1) is 13.8. The molecule has 0 aliphatic rings. The second-order valence-electron chi connectivity index (χ2n) is 4.53. The average Bonchev–Trinajstić information content (AvgIpc) is 2.42. The molecule has 0 N–H and O–H groups in total. The van der Waals surface area contributed by atoms with Gasteiger partial charge in [-0.1, -0.05) is 29.8 Å². The first-order valence-corrected chi connectivity index (χ1v) is 6.22. The molecule has 4 heteroatoms. The van der Waals surface area contributed by atoms with Crippen LogP contribution in [0.3, 0.4) is 0 Å². The maximum atomic E-state index is 10.6. The number of ether oxygens (including phenoxy) is 1. The van der Waals surface area contributed by atoms with Crippen LogP contribution in [0.1, 0.15) is 18.1 Å². The number of nitrogens with zero attached hydrogens (tertiary/aromatic N) is 1. The van der Waals surface area contributed by atoms with Crippen LogP contribution in [-0.4, -0.2) is 4.92 Å². The van der Waals surface area contributed by atoms with Gasteiger partial charge in [0.2, 0.25) is 5.70 Å². The van der Waals surface area contributed by atoms with E-state index in [9.17, 15) is 10.1 Å². The molecule has 0 saturated heterocycles. The van der Waals surface area contributed by atoms with E-state index in [0.29, 0.717) is 5.75 Å². The van der Waals surface area contributed by atoms with Crippen LogP contribution in [0, 0.1) is 17.0 Å². The molecule has 0 aromatic heterocycles. The van der Waals surface area contributed by atoms with Gasteiger partial charge in [0.05, 0.1) is 4.92 Å². The molecule has 0 saturated carbocycles. The summed E-state index contributed by atoms with van der Waals surface area (Å²) in [5.74, 6) is 1.39. The van der Waals surface area contributed by atoms with Crippen molar-refractivity contribution in [1.29, 1.82) is 0 Å². The molecule has 102 valence electrons. The second-order valence-corrected chi connectivity index (χ2v) is 4.53. The Morgan fingerprint density at radius 1 is 1.15 bits per heavy atom. The smallest absolute Gasteiger partial charge is 0.243 e. The van der Waals surface area contributed by atoms with Crippen LogP contribution in [0.4, 0.5) is 0 Å². The molecule has 0 fully saturated rings. The Hall–Kier alpha value is -2.62. The normalized spacial score (nSPS) is 11.2. The van der Waals surface area contributed by atoms with Crippen molar-refractivity contribution in [1.82, 2.24) is 0 Å².